The summed E-state index contributed by atoms with van der Waals surface area (Å²) in [7, 11) is 1.73. The molecule has 1 atom stereocenters. The summed E-state index contributed by atoms with van der Waals surface area (Å²) in [4.78, 5) is 4.16. The largest absolute Gasteiger partial charge is 0.356 e. The molecule has 0 amide bonds. The van der Waals surface area contributed by atoms with Crippen LogP contribution in [0.15, 0.2) is 23.2 Å². The smallest absolute Gasteiger partial charge is 0.191 e. The molecule has 1 unspecified atom stereocenters. The van der Waals surface area contributed by atoms with Crippen LogP contribution in [-0.2, 0) is 0 Å². The first-order chi connectivity index (χ1) is 9.08. The van der Waals surface area contributed by atoms with Gasteiger partial charge in [-0.15, -0.1) is 0 Å². The van der Waals surface area contributed by atoms with Gasteiger partial charge >= 0.3 is 0 Å². The predicted octanol–water partition coefficient (Wildman–Crippen LogP) is 2.72. The monoisotopic (exact) mass is 283 g/mol. The number of rotatable bonds is 5. The Hall–Kier alpha value is -1.23. The van der Waals surface area contributed by atoms with Crippen molar-refractivity contribution in [3.05, 3.63) is 35.1 Å². The van der Waals surface area contributed by atoms with Gasteiger partial charge in [0.1, 0.15) is 5.82 Å². The van der Waals surface area contributed by atoms with Crippen LogP contribution in [0.5, 0.6) is 0 Å². The van der Waals surface area contributed by atoms with Gasteiger partial charge in [0.25, 0.3) is 0 Å². The number of aliphatic imine (C=N–C) groups is 1. The van der Waals surface area contributed by atoms with E-state index < -0.39 is 0 Å². The molecule has 0 heterocycles. The fourth-order valence-electron chi connectivity index (χ4n) is 1.63. The van der Waals surface area contributed by atoms with Crippen molar-refractivity contribution in [2.75, 3.05) is 25.6 Å². The Morgan fingerprint density at radius 2 is 2.21 bits per heavy atom. The molecule has 1 rings (SSSR count). The van der Waals surface area contributed by atoms with Crippen LogP contribution < -0.4 is 10.6 Å². The summed E-state index contributed by atoms with van der Waals surface area (Å²) in [6, 6.07) is 5.32. The first-order valence-electron chi connectivity index (χ1n) is 6.30. The minimum atomic E-state index is -0.170. The van der Waals surface area contributed by atoms with Gasteiger partial charge in [0.05, 0.1) is 6.04 Å². The molecule has 1 aromatic carbocycles. The second kappa shape index (κ2) is 8.04. The highest BCUT2D eigenvalue weighted by molar-refractivity contribution is 7.98. The zero-order valence-electron chi connectivity index (χ0n) is 12.0. The van der Waals surface area contributed by atoms with E-state index in [0.717, 1.165) is 23.8 Å². The van der Waals surface area contributed by atoms with Crippen molar-refractivity contribution in [1.82, 2.24) is 10.6 Å². The Morgan fingerprint density at radius 1 is 1.47 bits per heavy atom. The Balaban J connectivity index is 2.61. The lowest BCUT2D eigenvalue weighted by atomic mass is 10.1. The lowest BCUT2D eigenvalue weighted by Gasteiger charge is -2.18. The van der Waals surface area contributed by atoms with E-state index in [9.17, 15) is 4.39 Å². The minimum Gasteiger partial charge on any atom is -0.356 e. The molecular formula is C14H22FN3S. The van der Waals surface area contributed by atoms with Crippen molar-refractivity contribution in [1.29, 1.82) is 0 Å². The zero-order chi connectivity index (χ0) is 14.3. The van der Waals surface area contributed by atoms with Gasteiger partial charge in [0.15, 0.2) is 5.96 Å². The van der Waals surface area contributed by atoms with Gasteiger partial charge < -0.3 is 10.6 Å². The molecule has 0 fully saturated rings. The molecule has 0 aliphatic heterocycles. The molecule has 0 aliphatic rings. The van der Waals surface area contributed by atoms with Crippen molar-refractivity contribution < 1.29 is 4.39 Å². The fourth-order valence-corrected chi connectivity index (χ4v) is 1.94. The van der Waals surface area contributed by atoms with Crippen LogP contribution in [0, 0.1) is 12.7 Å². The van der Waals surface area contributed by atoms with E-state index in [2.05, 4.69) is 21.9 Å². The van der Waals surface area contributed by atoms with Crippen molar-refractivity contribution in [2.24, 2.45) is 4.99 Å². The summed E-state index contributed by atoms with van der Waals surface area (Å²) in [6.07, 6.45) is 2.07. The molecule has 5 heteroatoms. The fraction of sp³-hybridized carbons (Fsp3) is 0.500. The Bertz CT molecular complexity index is 435. The number of guanidine groups is 1. The normalized spacial score (nSPS) is 13.2. The Labute approximate surface area is 119 Å². The number of nitrogens with zero attached hydrogens (tertiary/aromatic N) is 1. The van der Waals surface area contributed by atoms with Crippen molar-refractivity contribution in [3.63, 3.8) is 0 Å². The molecule has 0 aromatic heterocycles. The molecule has 0 saturated heterocycles. The molecule has 3 nitrogen and oxygen atoms in total. The molecule has 0 saturated carbocycles. The molecule has 2 N–H and O–H groups in total. The highest BCUT2D eigenvalue weighted by Gasteiger charge is 2.09. The van der Waals surface area contributed by atoms with Crippen molar-refractivity contribution in [3.8, 4) is 0 Å². The summed E-state index contributed by atoms with van der Waals surface area (Å²) in [5.41, 5.74) is 1.58. The van der Waals surface area contributed by atoms with Crippen LogP contribution in [0.1, 0.15) is 24.1 Å². The second-order valence-electron chi connectivity index (χ2n) is 4.37. The number of benzene rings is 1. The average molecular weight is 283 g/mol. The number of aryl methyl sites for hydroxylation is 1. The number of thioether (sulfide) groups is 1. The summed E-state index contributed by atoms with van der Waals surface area (Å²) < 4.78 is 13.5. The zero-order valence-corrected chi connectivity index (χ0v) is 12.8. The molecule has 19 heavy (non-hydrogen) atoms. The first kappa shape index (κ1) is 15.8. The van der Waals surface area contributed by atoms with Crippen LogP contribution in [0.3, 0.4) is 0 Å². The van der Waals surface area contributed by atoms with Gasteiger partial charge in [-0.2, -0.15) is 11.8 Å². The van der Waals surface area contributed by atoms with Gasteiger partial charge in [-0.05, 0) is 37.3 Å². The van der Waals surface area contributed by atoms with E-state index in [0.29, 0.717) is 5.56 Å². The summed E-state index contributed by atoms with van der Waals surface area (Å²) in [5, 5.41) is 6.47. The van der Waals surface area contributed by atoms with Crippen LogP contribution in [0.25, 0.3) is 0 Å². The van der Waals surface area contributed by atoms with Gasteiger partial charge in [-0.25, -0.2) is 4.39 Å². The number of hydrogen-bond acceptors (Lipinski definition) is 2. The third-order valence-corrected chi connectivity index (χ3v) is 3.48. The maximum absolute atomic E-state index is 13.5. The standard InChI is InChI=1S/C14H22FN3S/c1-10-5-6-12(9-13(10)15)11(2)18-14(16-3)17-7-8-19-4/h5-6,9,11H,7-8H2,1-4H3,(H2,16,17,18). The van der Waals surface area contributed by atoms with Crippen LogP contribution >= 0.6 is 11.8 Å². The van der Waals surface area contributed by atoms with Crippen LogP contribution in [-0.4, -0.2) is 31.6 Å². The van der Waals surface area contributed by atoms with E-state index >= 15 is 0 Å². The van der Waals surface area contributed by atoms with Crippen LogP contribution in [0.4, 0.5) is 4.39 Å². The number of halogens is 1. The topological polar surface area (TPSA) is 36.4 Å². The summed E-state index contributed by atoms with van der Waals surface area (Å²) in [6.45, 7) is 4.61. The average Bonchev–Trinajstić information content (AvgIpc) is 2.40. The lowest BCUT2D eigenvalue weighted by Crippen LogP contribution is -2.39. The van der Waals surface area contributed by atoms with Gasteiger partial charge in [0.2, 0.25) is 0 Å². The van der Waals surface area contributed by atoms with Crippen molar-refractivity contribution >= 4 is 17.7 Å². The number of hydrogen-bond donors (Lipinski definition) is 2. The third kappa shape index (κ3) is 5.11. The van der Waals surface area contributed by atoms with Gasteiger partial charge in [-0.1, -0.05) is 12.1 Å². The molecular weight excluding hydrogens is 261 g/mol. The molecule has 106 valence electrons. The predicted molar refractivity (Wildman–Crippen MR) is 82.4 cm³/mol. The maximum Gasteiger partial charge on any atom is 0.191 e. The van der Waals surface area contributed by atoms with Gasteiger partial charge in [0, 0.05) is 19.3 Å². The lowest BCUT2D eigenvalue weighted by molar-refractivity contribution is 0.608. The van der Waals surface area contributed by atoms with E-state index in [1.54, 1.807) is 37.9 Å². The van der Waals surface area contributed by atoms with Gasteiger partial charge in [-0.3, -0.25) is 4.99 Å². The van der Waals surface area contributed by atoms with E-state index in [1.807, 2.05) is 13.0 Å². The molecule has 0 spiro atoms. The van der Waals surface area contributed by atoms with E-state index in [-0.39, 0.29) is 11.9 Å². The minimum absolute atomic E-state index is 0.00980. The summed E-state index contributed by atoms with van der Waals surface area (Å²) in [5.74, 6) is 1.59. The Kier molecular flexibility index (Phi) is 6.70. The molecule has 0 radical (unpaired) electrons. The molecule has 1 aromatic rings. The van der Waals surface area contributed by atoms with Crippen molar-refractivity contribution in [2.45, 2.75) is 19.9 Å². The highest BCUT2D eigenvalue weighted by Crippen LogP contribution is 2.16. The Morgan fingerprint density at radius 3 is 2.79 bits per heavy atom. The quantitative estimate of drug-likeness (QED) is 0.495. The SMILES string of the molecule is CN=C(NCCSC)NC(C)c1ccc(C)c(F)c1. The highest BCUT2D eigenvalue weighted by atomic mass is 32.2. The molecule has 0 aliphatic carbocycles. The number of nitrogens with one attached hydrogen (secondary N) is 2. The second-order valence-corrected chi connectivity index (χ2v) is 5.35. The maximum atomic E-state index is 13.5. The van der Waals surface area contributed by atoms with Crippen LogP contribution in [0.2, 0.25) is 0 Å². The first-order valence-corrected chi connectivity index (χ1v) is 7.70. The van der Waals surface area contributed by atoms with E-state index in [4.69, 9.17) is 0 Å². The van der Waals surface area contributed by atoms with E-state index in [1.165, 1.54) is 0 Å². The summed E-state index contributed by atoms with van der Waals surface area (Å²) >= 11 is 1.78. The molecule has 0 bridgehead atoms. The third-order valence-electron chi connectivity index (χ3n) is 2.87.